The first-order valence-corrected chi connectivity index (χ1v) is 6.45. The molecule has 94 valence electrons. The molecule has 16 heavy (non-hydrogen) atoms. The van der Waals surface area contributed by atoms with Gasteiger partial charge < -0.3 is 10.6 Å². The Kier molecular flexibility index (Phi) is 4.78. The quantitative estimate of drug-likeness (QED) is 0.797. The van der Waals surface area contributed by atoms with Crippen LogP contribution in [0.3, 0.4) is 0 Å². The summed E-state index contributed by atoms with van der Waals surface area (Å²) in [5.74, 6) is 0.941. The summed E-state index contributed by atoms with van der Waals surface area (Å²) < 4.78 is 0. The van der Waals surface area contributed by atoms with Gasteiger partial charge in [-0.3, -0.25) is 4.79 Å². The number of amides is 1. The van der Waals surface area contributed by atoms with Crippen LogP contribution in [-0.2, 0) is 4.79 Å². The summed E-state index contributed by atoms with van der Waals surface area (Å²) >= 11 is 0. The van der Waals surface area contributed by atoms with Crippen molar-refractivity contribution in [2.45, 2.75) is 46.5 Å². The van der Waals surface area contributed by atoms with E-state index >= 15 is 0 Å². The number of likely N-dealkylation sites (tertiary alicyclic amines) is 1. The summed E-state index contributed by atoms with van der Waals surface area (Å²) in [4.78, 5) is 13.9. The van der Waals surface area contributed by atoms with Gasteiger partial charge in [0.2, 0.25) is 5.91 Å². The van der Waals surface area contributed by atoms with E-state index < -0.39 is 0 Å². The van der Waals surface area contributed by atoms with Crippen molar-refractivity contribution in [3.63, 3.8) is 0 Å². The minimum atomic E-state index is 0.259. The zero-order valence-electron chi connectivity index (χ0n) is 11.0. The van der Waals surface area contributed by atoms with E-state index in [1.807, 2.05) is 4.90 Å². The van der Waals surface area contributed by atoms with E-state index in [-0.39, 0.29) is 5.41 Å². The van der Waals surface area contributed by atoms with Crippen molar-refractivity contribution in [2.75, 3.05) is 19.6 Å². The van der Waals surface area contributed by atoms with Crippen LogP contribution in [0.5, 0.6) is 0 Å². The molecule has 0 spiro atoms. The average Bonchev–Trinajstić information content (AvgIpc) is 2.27. The summed E-state index contributed by atoms with van der Waals surface area (Å²) in [6, 6.07) is 0. The van der Waals surface area contributed by atoms with E-state index in [0.29, 0.717) is 18.2 Å². The summed E-state index contributed by atoms with van der Waals surface area (Å²) in [6.07, 6.45) is 3.81. The second-order valence-corrected chi connectivity index (χ2v) is 5.83. The molecule has 0 aliphatic carbocycles. The fourth-order valence-electron chi connectivity index (χ4n) is 2.07. The summed E-state index contributed by atoms with van der Waals surface area (Å²) in [6.45, 7) is 9.07. The van der Waals surface area contributed by atoms with Crippen molar-refractivity contribution in [3.8, 4) is 0 Å². The Morgan fingerprint density at radius 1 is 1.38 bits per heavy atom. The minimum absolute atomic E-state index is 0.259. The Morgan fingerprint density at radius 2 is 1.94 bits per heavy atom. The van der Waals surface area contributed by atoms with E-state index in [0.717, 1.165) is 38.9 Å². The molecule has 1 rings (SSSR count). The topological polar surface area (TPSA) is 46.3 Å². The van der Waals surface area contributed by atoms with Crippen LogP contribution in [0, 0.1) is 11.3 Å². The van der Waals surface area contributed by atoms with Gasteiger partial charge in [0.1, 0.15) is 0 Å². The molecule has 0 bridgehead atoms. The van der Waals surface area contributed by atoms with Crippen LogP contribution in [0.2, 0.25) is 0 Å². The molecule has 0 aromatic heterocycles. The van der Waals surface area contributed by atoms with Gasteiger partial charge in [-0.15, -0.1) is 0 Å². The van der Waals surface area contributed by atoms with Crippen LogP contribution in [0.4, 0.5) is 0 Å². The molecule has 1 amide bonds. The van der Waals surface area contributed by atoms with Crippen LogP contribution in [0.1, 0.15) is 46.5 Å². The maximum absolute atomic E-state index is 11.9. The molecule has 1 heterocycles. The average molecular weight is 226 g/mol. The lowest BCUT2D eigenvalue weighted by Crippen LogP contribution is -2.44. The first-order valence-electron chi connectivity index (χ1n) is 6.45. The summed E-state index contributed by atoms with van der Waals surface area (Å²) in [5.41, 5.74) is 6.01. The van der Waals surface area contributed by atoms with Gasteiger partial charge in [0.05, 0.1) is 0 Å². The van der Waals surface area contributed by atoms with Crippen LogP contribution in [-0.4, -0.2) is 30.4 Å². The molecule has 0 unspecified atom stereocenters. The first kappa shape index (κ1) is 13.5. The zero-order chi connectivity index (χ0) is 12.2. The molecule has 0 radical (unpaired) electrons. The number of nitrogens with two attached hydrogens (primary N) is 1. The number of hydrogen-bond donors (Lipinski definition) is 1. The van der Waals surface area contributed by atoms with Gasteiger partial charge in [-0.25, -0.2) is 0 Å². The fraction of sp³-hybridized carbons (Fsp3) is 0.923. The molecule has 0 aromatic rings. The molecular weight excluding hydrogens is 200 g/mol. The molecule has 0 aromatic carbocycles. The molecular formula is C13H26N2O. The van der Waals surface area contributed by atoms with Gasteiger partial charge in [-0.2, -0.15) is 0 Å². The van der Waals surface area contributed by atoms with Crippen LogP contribution in [0.15, 0.2) is 0 Å². The van der Waals surface area contributed by atoms with Crippen molar-refractivity contribution in [2.24, 2.45) is 17.1 Å². The first-order chi connectivity index (χ1) is 7.47. The molecule has 1 saturated heterocycles. The Bertz CT molecular complexity index is 230. The van der Waals surface area contributed by atoms with E-state index in [1.54, 1.807) is 0 Å². The molecule has 0 saturated carbocycles. The maximum Gasteiger partial charge on any atom is 0.222 e. The zero-order valence-corrected chi connectivity index (χ0v) is 11.0. The lowest BCUT2D eigenvalue weighted by atomic mass is 9.80. The van der Waals surface area contributed by atoms with E-state index in [9.17, 15) is 4.79 Å². The Labute approximate surface area is 99.4 Å². The molecule has 0 atom stereocenters. The van der Waals surface area contributed by atoms with Gasteiger partial charge in [-0.05, 0) is 37.1 Å². The fourth-order valence-corrected chi connectivity index (χ4v) is 2.07. The predicted octanol–water partition coefficient (Wildman–Crippen LogP) is 2.01. The summed E-state index contributed by atoms with van der Waals surface area (Å²) in [7, 11) is 0. The highest BCUT2D eigenvalue weighted by atomic mass is 16.2. The lowest BCUT2D eigenvalue weighted by molar-refractivity contribution is -0.133. The standard InChI is InChI=1S/C13H26N2O/c1-11(2)4-5-12(16)15-8-6-13(3,10-14)7-9-15/h11H,4-10,14H2,1-3H3. The molecule has 2 N–H and O–H groups in total. The van der Waals surface area contributed by atoms with Crippen molar-refractivity contribution in [1.29, 1.82) is 0 Å². The molecule has 1 fully saturated rings. The smallest absolute Gasteiger partial charge is 0.222 e. The second-order valence-electron chi connectivity index (χ2n) is 5.83. The normalized spacial score (nSPS) is 20.2. The SMILES string of the molecule is CC(C)CCC(=O)N1CCC(C)(CN)CC1. The number of carbonyl (C=O) groups excluding carboxylic acids is 1. The van der Waals surface area contributed by atoms with E-state index in [4.69, 9.17) is 5.73 Å². The maximum atomic E-state index is 11.9. The molecule has 1 aliphatic rings. The van der Waals surface area contributed by atoms with Crippen molar-refractivity contribution < 1.29 is 4.79 Å². The van der Waals surface area contributed by atoms with Crippen LogP contribution in [0.25, 0.3) is 0 Å². The summed E-state index contributed by atoms with van der Waals surface area (Å²) in [5, 5.41) is 0. The van der Waals surface area contributed by atoms with Gasteiger partial charge in [0, 0.05) is 19.5 Å². The monoisotopic (exact) mass is 226 g/mol. The number of hydrogen-bond acceptors (Lipinski definition) is 2. The Hall–Kier alpha value is -0.570. The van der Waals surface area contributed by atoms with E-state index in [1.165, 1.54) is 0 Å². The molecule has 3 nitrogen and oxygen atoms in total. The third kappa shape index (κ3) is 3.78. The molecule has 1 aliphatic heterocycles. The lowest BCUT2D eigenvalue weighted by Gasteiger charge is -2.38. The molecule has 3 heteroatoms. The van der Waals surface area contributed by atoms with Gasteiger partial charge in [0.25, 0.3) is 0 Å². The third-order valence-electron chi connectivity index (χ3n) is 3.75. The largest absolute Gasteiger partial charge is 0.343 e. The second kappa shape index (κ2) is 5.67. The van der Waals surface area contributed by atoms with Gasteiger partial charge >= 0.3 is 0 Å². The van der Waals surface area contributed by atoms with E-state index in [2.05, 4.69) is 20.8 Å². The van der Waals surface area contributed by atoms with Gasteiger partial charge in [-0.1, -0.05) is 20.8 Å². The van der Waals surface area contributed by atoms with Crippen LogP contribution >= 0.6 is 0 Å². The number of nitrogens with zero attached hydrogens (tertiary/aromatic N) is 1. The predicted molar refractivity (Wildman–Crippen MR) is 67.0 cm³/mol. The van der Waals surface area contributed by atoms with Crippen molar-refractivity contribution in [1.82, 2.24) is 4.90 Å². The highest BCUT2D eigenvalue weighted by molar-refractivity contribution is 5.76. The number of carbonyl (C=O) groups is 1. The Morgan fingerprint density at radius 3 is 2.38 bits per heavy atom. The number of piperidine rings is 1. The van der Waals surface area contributed by atoms with Gasteiger partial charge in [0.15, 0.2) is 0 Å². The highest BCUT2D eigenvalue weighted by Crippen LogP contribution is 2.29. The highest BCUT2D eigenvalue weighted by Gasteiger charge is 2.30. The minimum Gasteiger partial charge on any atom is -0.343 e. The Balaban J connectivity index is 2.33. The third-order valence-corrected chi connectivity index (χ3v) is 3.75. The van der Waals surface area contributed by atoms with Crippen molar-refractivity contribution >= 4 is 5.91 Å². The number of rotatable bonds is 4. The van der Waals surface area contributed by atoms with Crippen molar-refractivity contribution in [3.05, 3.63) is 0 Å². The van der Waals surface area contributed by atoms with Crippen LogP contribution < -0.4 is 5.73 Å².